The van der Waals surface area contributed by atoms with E-state index in [9.17, 15) is 13.2 Å². The Morgan fingerprint density at radius 3 is 2.66 bits per heavy atom. The number of aromatic nitrogens is 3. The van der Waals surface area contributed by atoms with Gasteiger partial charge in [0, 0.05) is 24.9 Å². The van der Waals surface area contributed by atoms with E-state index >= 15 is 0 Å². The minimum atomic E-state index is -4.12. The van der Waals surface area contributed by atoms with Crippen LogP contribution in [0.2, 0.25) is 5.15 Å². The monoisotopic (exact) mass is 473 g/mol. The summed E-state index contributed by atoms with van der Waals surface area (Å²) in [6, 6.07) is 7.54. The van der Waals surface area contributed by atoms with Gasteiger partial charge in [-0.3, -0.25) is 9.48 Å². The highest BCUT2D eigenvalue weighted by atomic mass is 35.5. The molecule has 4 aromatic rings. The summed E-state index contributed by atoms with van der Waals surface area (Å²) in [4.78, 5) is 16.7. The van der Waals surface area contributed by atoms with Gasteiger partial charge in [-0.2, -0.15) is 5.10 Å². The van der Waals surface area contributed by atoms with Crippen molar-refractivity contribution in [3.63, 3.8) is 0 Å². The summed E-state index contributed by atoms with van der Waals surface area (Å²) in [5.41, 5.74) is 2.56. The minimum absolute atomic E-state index is 0.000317. The molecule has 9 nitrogen and oxygen atoms in total. The molecule has 0 saturated carbocycles. The number of anilines is 1. The van der Waals surface area contributed by atoms with E-state index in [1.54, 1.807) is 30.2 Å². The number of nitrogens with two attached hydrogens (primary N) is 1. The van der Waals surface area contributed by atoms with Gasteiger partial charge in [-0.15, -0.1) is 0 Å². The molecule has 0 fully saturated rings. The lowest BCUT2D eigenvalue weighted by molar-refractivity contribution is 0.594. The SMILES string of the molecule is Cc1cc([C@@H](C)Nc2ccc(Cl)nc2S(N)(=O)=O)c2oc(-c3cnn(C)c3)cc(=O)c2c1. The van der Waals surface area contributed by atoms with Crippen molar-refractivity contribution in [3.8, 4) is 11.3 Å². The van der Waals surface area contributed by atoms with Crippen molar-refractivity contribution < 1.29 is 12.8 Å². The number of benzene rings is 1. The second-order valence-corrected chi connectivity index (χ2v) is 9.37. The maximum Gasteiger partial charge on any atom is 0.257 e. The molecule has 1 aromatic carbocycles. The fraction of sp³-hybridized carbons (Fsp3) is 0.190. The zero-order chi connectivity index (χ0) is 23.2. The number of pyridine rings is 1. The predicted octanol–water partition coefficient (Wildman–Crippen LogP) is 3.37. The van der Waals surface area contributed by atoms with E-state index in [1.807, 2.05) is 19.9 Å². The van der Waals surface area contributed by atoms with Crippen molar-refractivity contribution >= 4 is 38.3 Å². The molecule has 0 saturated heterocycles. The molecule has 0 aliphatic carbocycles. The Kier molecular flexibility index (Phi) is 5.53. The van der Waals surface area contributed by atoms with E-state index < -0.39 is 16.1 Å². The van der Waals surface area contributed by atoms with Crippen LogP contribution in [0.15, 0.2) is 57.0 Å². The lowest BCUT2D eigenvalue weighted by atomic mass is 10.0. The fourth-order valence-corrected chi connectivity index (χ4v) is 4.36. The lowest BCUT2D eigenvalue weighted by Crippen LogP contribution is -2.18. The van der Waals surface area contributed by atoms with Crippen LogP contribution < -0.4 is 15.9 Å². The van der Waals surface area contributed by atoms with Crippen molar-refractivity contribution in [3.05, 3.63) is 69.2 Å². The molecule has 0 aliphatic rings. The van der Waals surface area contributed by atoms with E-state index in [4.69, 9.17) is 21.2 Å². The van der Waals surface area contributed by atoms with Crippen molar-refractivity contribution in [2.75, 3.05) is 5.32 Å². The highest BCUT2D eigenvalue weighted by molar-refractivity contribution is 7.89. The first kappa shape index (κ1) is 22.0. The zero-order valence-corrected chi connectivity index (χ0v) is 19.0. The quantitative estimate of drug-likeness (QED) is 0.424. The number of hydrogen-bond donors (Lipinski definition) is 2. The first-order chi connectivity index (χ1) is 15.0. The Morgan fingerprint density at radius 2 is 2.00 bits per heavy atom. The van der Waals surface area contributed by atoms with Crippen molar-refractivity contribution in [1.82, 2.24) is 14.8 Å². The van der Waals surface area contributed by atoms with E-state index in [2.05, 4.69) is 15.4 Å². The van der Waals surface area contributed by atoms with E-state index in [-0.39, 0.29) is 21.3 Å². The molecule has 32 heavy (non-hydrogen) atoms. The van der Waals surface area contributed by atoms with Gasteiger partial charge in [0.05, 0.1) is 28.9 Å². The fourth-order valence-electron chi connectivity index (χ4n) is 3.50. The Balaban J connectivity index is 1.86. The molecule has 0 unspecified atom stereocenters. The summed E-state index contributed by atoms with van der Waals surface area (Å²) in [6.45, 7) is 3.68. The van der Waals surface area contributed by atoms with Gasteiger partial charge in [0.15, 0.2) is 10.5 Å². The van der Waals surface area contributed by atoms with Crippen molar-refractivity contribution in [2.24, 2.45) is 12.2 Å². The Bertz CT molecular complexity index is 1510. The second-order valence-electron chi connectivity index (χ2n) is 7.51. The van der Waals surface area contributed by atoms with Gasteiger partial charge >= 0.3 is 0 Å². The van der Waals surface area contributed by atoms with Crippen molar-refractivity contribution in [1.29, 1.82) is 0 Å². The van der Waals surface area contributed by atoms with Crippen LogP contribution in [-0.2, 0) is 17.1 Å². The number of primary sulfonamides is 1. The van der Waals surface area contributed by atoms with Gasteiger partial charge < -0.3 is 9.73 Å². The number of halogens is 1. The van der Waals surface area contributed by atoms with E-state index in [0.29, 0.717) is 27.9 Å². The van der Waals surface area contributed by atoms with Crippen LogP contribution in [0, 0.1) is 6.92 Å². The summed E-state index contributed by atoms with van der Waals surface area (Å²) in [7, 11) is -2.35. The molecule has 3 N–H and O–H groups in total. The molecule has 0 amide bonds. The molecule has 3 aromatic heterocycles. The van der Waals surface area contributed by atoms with E-state index in [1.165, 1.54) is 18.2 Å². The van der Waals surface area contributed by atoms with Gasteiger partial charge in [-0.1, -0.05) is 17.7 Å². The molecule has 0 spiro atoms. The molecule has 4 rings (SSSR count). The van der Waals surface area contributed by atoms with Gasteiger partial charge in [-0.05, 0) is 37.6 Å². The van der Waals surface area contributed by atoms with Crippen LogP contribution in [0.1, 0.15) is 24.1 Å². The molecule has 1 atom stereocenters. The third kappa shape index (κ3) is 4.24. The van der Waals surface area contributed by atoms with Gasteiger partial charge in [0.1, 0.15) is 16.5 Å². The Hall–Kier alpha value is -3.21. The third-order valence-corrected chi connectivity index (χ3v) is 5.99. The molecule has 0 bridgehead atoms. The molecule has 0 radical (unpaired) electrons. The molecule has 0 aliphatic heterocycles. The van der Waals surface area contributed by atoms with Crippen LogP contribution in [0.4, 0.5) is 5.69 Å². The molecular formula is C21H20ClN5O4S. The standard InChI is InChI=1S/C21H20ClN5O4S/c1-11-6-14(12(2)25-16-4-5-19(22)26-21(16)32(23,29)30)20-15(7-11)17(28)8-18(31-20)13-9-24-27(3)10-13/h4-10,12,25H,1-3H3,(H2,23,29,30)/t12-/m1/s1. The number of nitrogens with zero attached hydrogens (tertiary/aromatic N) is 3. The summed E-state index contributed by atoms with van der Waals surface area (Å²) in [6.07, 6.45) is 3.36. The first-order valence-electron chi connectivity index (χ1n) is 9.56. The number of nitrogens with one attached hydrogen (secondary N) is 1. The smallest absolute Gasteiger partial charge is 0.257 e. The summed E-state index contributed by atoms with van der Waals surface area (Å²) >= 11 is 5.85. The molecule has 11 heteroatoms. The highest BCUT2D eigenvalue weighted by Gasteiger charge is 2.21. The van der Waals surface area contributed by atoms with Crippen LogP contribution in [0.25, 0.3) is 22.3 Å². The maximum absolute atomic E-state index is 12.9. The average Bonchev–Trinajstić information content (AvgIpc) is 3.14. The lowest BCUT2D eigenvalue weighted by Gasteiger charge is -2.19. The van der Waals surface area contributed by atoms with Crippen LogP contribution in [0.3, 0.4) is 0 Å². The third-order valence-electron chi connectivity index (χ3n) is 4.93. The number of aryl methyl sites for hydroxylation is 2. The average molecular weight is 474 g/mol. The van der Waals surface area contributed by atoms with Gasteiger partial charge in [0.25, 0.3) is 10.0 Å². The minimum Gasteiger partial charge on any atom is -0.455 e. The van der Waals surface area contributed by atoms with Crippen LogP contribution in [-0.4, -0.2) is 23.2 Å². The molecular weight excluding hydrogens is 454 g/mol. The number of rotatable bonds is 5. The van der Waals surface area contributed by atoms with Gasteiger partial charge in [-0.25, -0.2) is 18.5 Å². The Labute approximate surface area is 188 Å². The second kappa shape index (κ2) is 8.05. The van der Waals surface area contributed by atoms with Crippen LogP contribution >= 0.6 is 11.6 Å². The first-order valence-corrected chi connectivity index (χ1v) is 11.5. The topological polar surface area (TPSA) is 133 Å². The largest absolute Gasteiger partial charge is 0.455 e. The number of sulfonamides is 1. The van der Waals surface area contributed by atoms with Gasteiger partial charge in [0.2, 0.25) is 0 Å². The zero-order valence-electron chi connectivity index (χ0n) is 17.5. The summed E-state index contributed by atoms with van der Waals surface area (Å²) < 4.78 is 31.7. The normalized spacial score (nSPS) is 12.8. The number of hydrogen-bond acceptors (Lipinski definition) is 7. The highest BCUT2D eigenvalue weighted by Crippen LogP contribution is 2.31. The predicted molar refractivity (Wildman–Crippen MR) is 122 cm³/mol. The molecule has 3 heterocycles. The Morgan fingerprint density at radius 1 is 1.25 bits per heavy atom. The number of fused-ring (bicyclic) bond motifs is 1. The van der Waals surface area contributed by atoms with Crippen LogP contribution in [0.5, 0.6) is 0 Å². The maximum atomic E-state index is 12.9. The summed E-state index contributed by atoms with van der Waals surface area (Å²) in [5, 5.41) is 12.6. The molecule has 166 valence electrons. The van der Waals surface area contributed by atoms with E-state index in [0.717, 1.165) is 5.56 Å². The summed E-state index contributed by atoms with van der Waals surface area (Å²) in [5.74, 6) is 0.381. The van der Waals surface area contributed by atoms with Crippen molar-refractivity contribution in [2.45, 2.75) is 24.9 Å².